The Kier molecular flexibility index (Phi) is 3.41. The van der Waals surface area contributed by atoms with E-state index in [2.05, 4.69) is 10.1 Å². The molecule has 0 fully saturated rings. The number of hydrogen-bond acceptors (Lipinski definition) is 4. The molecule has 15 heavy (non-hydrogen) atoms. The molecule has 1 heterocycles. The summed E-state index contributed by atoms with van der Waals surface area (Å²) in [5.41, 5.74) is -0.558. The zero-order valence-corrected chi connectivity index (χ0v) is 9.21. The third-order valence-electron chi connectivity index (χ3n) is 2.43. The maximum Gasteiger partial charge on any atom is 0.244 e. The molecule has 0 spiro atoms. The second kappa shape index (κ2) is 4.39. The van der Waals surface area contributed by atoms with Crippen LogP contribution in [0, 0.1) is 0 Å². The summed E-state index contributed by atoms with van der Waals surface area (Å²) in [7, 11) is 1.66. The Labute approximate surface area is 88.5 Å². The largest absolute Gasteiger partial charge is 0.394 e. The van der Waals surface area contributed by atoms with Crippen molar-refractivity contribution in [2.24, 2.45) is 0 Å². The van der Waals surface area contributed by atoms with Crippen molar-refractivity contribution >= 4 is 5.91 Å². The molecule has 0 saturated heterocycles. The van der Waals surface area contributed by atoms with Crippen molar-refractivity contribution in [3.8, 4) is 0 Å². The quantitative estimate of drug-likeness (QED) is 0.731. The van der Waals surface area contributed by atoms with Gasteiger partial charge < -0.3 is 10.0 Å². The first-order valence-electron chi connectivity index (χ1n) is 4.67. The van der Waals surface area contributed by atoms with Gasteiger partial charge in [0.25, 0.3) is 0 Å². The lowest BCUT2D eigenvalue weighted by atomic mass is 10.1. The molecule has 0 aliphatic carbocycles. The van der Waals surface area contributed by atoms with E-state index in [0.29, 0.717) is 0 Å². The van der Waals surface area contributed by atoms with E-state index >= 15 is 0 Å². The van der Waals surface area contributed by atoms with Crippen LogP contribution in [-0.2, 0) is 11.3 Å². The number of amides is 1. The van der Waals surface area contributed by atoms with Crippen LogP contribution in [0.15, 0.2) is 12.7 Å². The highest BCUT2D eigenvalue weighted by Crippen LogP contribution is 2.11. The van der Waals surface area contributed by atoms with Gasteiger partial charge in [0.2, 0.25) is 5.91 Å². The van der Waals surface area contributed by atoms with Crippen LogP contribution in [0.4, 0.5) is 0 Å². The number of nitrogens with zero attached hydrogens (tertiary/aromatic N) is 4. The molecule has 0 atom stereocenters. The second-order valence-electron chi connectivity index (χ2n) is 4.02. The number of aromatic nitrogens is 3. The Morgan fingerprint density at radius 1 is 1.60 bits per heavy atom. The van der Waals surface area contributed by atoms with E-state index < -0.39 is 5.54 Å². The highest BCUT2D eigenvalue weighted by molar-refractivity contribution is 5.76. The molecule has 0 aromatic carbocycles. The number of hydrogen-bond donors (Lipinski definition) is 1. The van der Waals surface area contributed by atoms with Crippen molar-refractivity contribution in [3.05, 3.63) is 12.7 Å². The molecule has 1 amide bonds. The number of rotatable bonds is 4. The molecule has 1 rings (SSSR count). The van der Waals surface area contributed by atoms with Gasteiger partial charge in [-0.2, -0.15) is 5.10 Å². The van der Waals surface area contributed by atoms with Crippen molar-refractivity contribution in [1.82, 2.24) is 19.7 Å². The smallest absolute Gasteiger partial charge is 0.244 e. The molecule has 1 aromatic rings. The summed E-state index contributed by atoms with van der Waals surface area (Å²) >= 11 is 0. The van der Waals surface area contributed by atoms with Gasteiger partial charge in [-0.05, 0) is 13.8 Å². The molecule has 6 heteroatoms. The van der Waals surface area contributed by atoms with E-state index in [0.717, 1.165) is 0 Å². The minimum absolute atomic E-state index is 0.0768. The van der Waals surface area contributed by atoms with E-state index in [1.807, 2.05) is 0 Å². The van der Waals surface area contributed by atoms with Crippen molar-refractivity contribution in [2.75, 3.05) is 13.7 Å². The molecule has 1 aromatic heterocycles. The molecule has 6 nitrogen and oxygen atoms in total. The average molecular weight is 212 g/mol. The number of aliphatic hydroxyl groups excluding tert-OH is 1. The standard InChI is InChI=1S/C9H16N4O2/c1-9(2,5-14)12(3)8(15)4-13-7-10-6-11-13/h6-7,14H,4-5H2,1-3H3. The molecular weight excluding hydrogens is 196 g/mol. The number of carbonyl (C=O) groups is 1. The summed E-state index contributed by atoms with van der Waals surface area (Å²) in [5, 5.41) is 13.0. The number of likely N-dealkylation sites (N-methyl/N-ethyl adjacent to an activating group) is 1. The molecule has 84 valence electrons. The predicted octanol–water partition coefficient (Wildman–Crippen LogP) is -0.493. The van der Waals surface area contributed by atoms with Crippen LogP contribution in [0.2, 0.25) is 0 Å². The summed E-state index contributed by atoms with van der Waals surface area (Å²) in [4.78, 5) is 17.0. The van der Waals surface area contributed by atoms with Crippen molar-refractivity contribution in [2.45, 2.75) is 25.9 Å². The summed E-state index contributed by atoms with van der Waals surface area (Å²) in [5.74, 6) is -0.112. The lowest BCUT2D eigenvalue weighted by Gasteiger charge is -2.33. The Morgan fingerprint density at radius 2 is 2.27 bits per heavy atom. The van der Waals surface area contributed by atoms with Crippen LogP contribution in [0.1, 0.15) is 13.8 Å². The van der Waals surface area contributed by atoms with Crippen LogP contribution in [-0.4, -0.2) is 49.9 Å². The van der Waals surface area contributed by atoms with Gasteiger partial charge in [0.1, 0.15) is 19.2 Å². The first kappa shape index (κ1) is 11.6. The minimum atomic E-state index is -0.558. The Balaban J connectivity index is 2.62. The van der Waals surface area contributed by atoms with Crippen LogP contribution >= 0.6 is 0 Å². The van der Waals surface area contributed by atoms with Gasteiger partial charge in [-0.1, -0.05) is 0 Å². The van der Waals surface area contributed by atoms with Gasteiger partial charge in [0.15, 0.2) is 0 Å². The highest BCUT2D eigenvalue weighted by Gasteiger charge is 2.26. The Morgan fingerprint density at radius 3 is 2.73 bits per heavy atom. The van der Waals surface area contributed by atoms with E-state index in [-0.39, 0.29) is 19.1 Å². The fourth-order valence-corrected chi connectivity index (χ4v) is 1.00. The molecule has 0 aliphatic rings. The van der Waals surface area contributed by atoms with Crippen LogP contribution in [0.25, 0.3) is 0 Å². The normalized spacial score (nSPS) is 11.5. The average Bonchev–Trinajstić information content (AvgIpc) is 2.69. The summed E-state index contributed by atoms with van der Waals surface area (Å²) in [6.45, 7) is 3.66. The molecule has 0 saturated carbocycles. The monoisotopic (exact) mass is 212 g/mol. The van der Waals surface area contributed by atoms with Crippen molar-refractivity contribution in [1.29, 1.82) is 0 Å². The third-order valence-corrected chi connectivity index (χ3v) is 2.43. The molecule has 1 N–H and O–H groups in total. The molecule has 0 unspecified atom stereocenters. The number of carbonyl (C=O) groups excluding carboxylic acids is 1. The first-order valence-corrected chi connectivity index (χ1v) is 4.67. The second-order valence-corrected chi connectivity index (χ2v) is 4.02. The fourth-order valence-electron chi connectivity index (χ4n) is 1.00. The maximum atomic E-state index is 11.7. The van der Waals surface area contributed by atoms with Gasteiger partial charge in [-0.25, -0.2) is 9.67 Å². The van der Waals surface area contributed by atoms with E-state index in [9.17, 15) is 4.79 Å². The van der Waals surface area contributed by atoms with E-state index in [1.165, 1.54) is 22.2 Å². The predicted molar refractivity (Wildman–Crippen MR) is 54.0 cm³/mol. The summed E-state index contributed by atoms with van der Waals surface area (Å²) in [6.07, 6.45) is 2.86. The Hall–Kier alpha value is -1.43. The lowest BCUT2D eigenvalue weighted by molar-refractivity contribution is -0.136. The SMILES string of the molecule is CN(C(=O)Cn1cncn1)C(C)(C)CO. The molecule has 0 aliphatic heterocycles. The fraction of sp³-hybridized carbons (Fsp3) is 0.667. The van der Waals surface area contributed by atoms with Crippen molar-refractivity contribution in [3.63, 3.8) is 0 Å². The zero-order chi connectivity index (χ0) is 11.5. The topological polar surface area (TPSA) is 71.2 Å². The van der Waals surface area contributed by atoms with Crippen LogP contribution in [0.5, 0.6) is 0 Å². The maximum absolute atomic E-state index is 11.7. The minimum Gasteiger partial charge on any atom is -0.394 e. The van der Waals surface area contributed by atoms with Gasteiger partial charge in [-0.15, -0.1) is 0 Å². The van der Waals surface area contributed by atoms with E-state index in [1.54, 1.807) is 20.9 Å². The van der Waals surface area contributed by atoms with Gasteiger partial charge >= 0.3 is 0 Å². The third kappa shape index (κ3) is 2.76. The zero-order valence-electron chi connectivity index (χ0n) is 9.21. The lowest BCUT2D eigenvalue weighted by Crippen LogP contribution is -2.48. The molecule has 0 radical (unpaired) electrons. The Bertz CT molecular complexity index is 321. The molecule has 0 bridgehead atoms. The van der Waals surface area contributed by atoms with E-state index in [4.69, 9.17) is 5.11 Å². The van der Waals surface area contributed by atoms with Gasteiger partial charge in [-0.3, -0.25) is 4.79 Å². The van der Waals surface area contributed by atoms with Crippen molar-refractivity contribution < 1.29 is 9.90 Å². The summed E-state index contributed by atoms with van der Waals surface area (Å²) < 4.78 is 1.45. The summed E-state index contributed by atoms with van der Waals surface area (Å²) in [6, 6.07) is 0. The highest BCUT2D eigenvalue weighted by atomic mass is 16.3. The van der Waals surface area contributed by atoms with Crippen LogP contribution in [0.3, 0.4) is 0 Å². The first-order chi connectivity index (χ1) is 6.97. The van der Waals surface area contributed by atoms with Gasteiger partial charge in [0.05, 0.1) is 12.1 Å². The molecular formula is C9H16N4O2. The van der Waals surface area contributed by atoms with Gasteiger partial charge in [0, 0.05) is 7.05 Å². The van der Waals surface area contributed by atoms with Crippen LogP contribution < -0.4 is 0 Å². The number of aliphatic hydroxyl groups is 1.